The summed E-state index contributed by atoms with van der Waals surface area (Å²) in [6, 6.07) is 9.39. The number of pyridine rings is 2. The monoisotopic (exact) mass is 293 g/mol. The van der Waals surface area contributed by atoms with E-state index in [0.717, 1.165) is 11.4 Å². The standard InChI is InChI=1S/C15H15N7/c1-10-4-2-6-12(20-10)22-15-13(16)14(18-9-19-15)21-11-5-3-7-17-8-11/h2-9H,16H2,1H3,(H2,18,19,20,21,22). The predicted octanol–water partition coefficient (Wildman–Crippen LogP) is 2.64. The van der Waals surface area contributed by atoms with Gasteiger partial charge in [-0.15, -0.1) is 0 Å². The van der Waals surface area contributed by atoms with Crippen LogP contribution in [0.15, 0.2) is 49.1 Å². The second-order valence-corrected chi connectivity index (χ2v) is 4.64. The summed E-state index contributed by atoms with van der Waals surface area (Å²) in [6.07, 6.45) is 4.83. The lowest BCUT2D eigenvalue weighted by Crippen LogP contribution is -2.06. The number of nitrogens with one attached hydrogen (secondary N) is 2. The molecule has 0 unspecified atom stereocenters. The van der Waals surface area contributed by atoms with Crippen LogP contribution in [0.4, 0.5) is 28.8 Å². The van der Waals surface area contributed by atoms with Gasteiger partial charge in [-0.3, -0.25) is 4.98 Å². The Bertz CT molecular complexity index is 774. The summed E-state index contributed by atoms with van der Waals surface area (Å²) in [6.45, 7) is 1.92. The highest BCUT2D eigenvalue weighted by Crippen LogP contribution is 2.27. The van der Waals surface area contributed by atoms with Crippen LogP contribution in [0, 0.1) is 6.92 Å². The van der Waals surface area contributed by atoms with E-state index in [-0.39, 0.29) is 0 Å². The zero-order chi connectivity index (χ0) is 15.4. The fraction of sp³-hybridized carbons (Fsp3) is 0.0667. The van der Waals surface area contributed by atoms with Crippen molar-refractivity contribution >= 4 is 28.8 Å². The van der Waals surface area contributed by atoms with Gasteiger partial charge in [0.05, 0.1) is 11.9 Å². The topological polar surface area (TPSA) is 102 Å². The molecule has 4 N–H and O–H groups in total. The molecule has 0 fully saturated rings. The molecule has 0 saturated heterocycles. The van der Waals surface area contributed by atoms with E-state index in [1.165, 1.54) is 6.33 Å². The first-order valence-electron chi connectivity index (χ1n) is 6.70. The Morgan fingerprint density at radius 1 is 1.00 bits per heavy atom. The number of nitrogens with two attached hydrogens (primary N) is 1. The molecule has 3 heterocycles. The lowest BCUT2D eigenvalue weighted by Gasteiger charge is -2.12. The van der Waals surface area contributed by atoms with Crippen LogP contribution >= 0.6 is 0 Å². The largest absolute Gasteiger partial charge is 0.393 e. The number of hydrogen-bond donors (Lipinski definition) is 3. The van der Waals surface area contributed by atoms with Gasteiger partial charge in [0.25, 0.3) is 0 Å². The van der Waals surface area contributed by atoms with E-state index in [2.05, 4.69) is 30.6 Å². The Hall–Kier alpha value is -3.22. The fourth-order valence-corrected chi connectivity index (χ4v) is 1.90. The average Bonchev–Trinajstić information content (AvgIpc) is 2.52. The molecule has 0 amide bonds. The molecule has 0 saturated carbocycles. The molecule has 3 rings (SSSR count). The van der Waals surface area contributed by atoms with Crippen LogP contribution in [0.25, 0.3) is 0 Å². The molecule has 3 aromatic rings. The number of aryl methyl sites for hydroxylation is 1. The Kier molecular flexibility index (Phi) is 3.78. The molecule has 0 aliphatic rings. The van der Waals surface area contributed by atoms with Crippen LogP contribution in [-0.2, 0) is 0 Å². The van der Waals surface area contributed by atoms with Gasteiger partial charge < -0.3 is 16.4 Å². The molecular weight excluding hydrogens is 278 g/mol. The summed E-state index contributed by atoms with van der Waals surface area (Å²) >= 11 is 0. The molecule has 0 aliphatic carbocycles. The van der Waals surface area contributed by atoms with E-state index in [4.69, 9.17) is 5.73 Å². The molecule has 0 aromatic carbocycles. The van der Waals surface area contributed by atoms with Gasteiger partial charge in [0.15, 0.2) is 11.6 Å². The number of rotatable bonds is 4. The predicted molar refractivity (Wildman–Crippen MR) is 86.2 cm³/mol. The number of nitrogen functional groups attached to an aromatic ring is 1. The molecule has 7 heteroatoms. The smallest absolute Gasteiger partial charge is 0.160 e. The van der Waals surface area contributed by atoms with Gasteiger partial charge in [-0.05, 0) is 31.2 Å². The number of aromatic nitrogens is 4. The third kappa shape index (κ3) is 3.09. The van der Waals surface area contributed by atoms with Crippen LogP contribution in [0.2, 0.25) is 0 Å². The van der Waals surface area contributed by atoms with Gasteiger partial charge in [-0.1, -0.05) is 6.07 Å². The van der Waals surface area contributed by atoms with Crippen molar-refractivity contribution in [2.45, 2.75) is 6.92 Å². The van der Waals surface area contributed by atoms with Gasteiger partial charge in [-0.25, -0.2) is 15.0 Å². The summed E-state index contributed by atoms with van der Waals surface area (Å²) in [5, 5.41) is 6.21. The summed E-state index contributed by atoms with van der Waals surface area (Å²) < 4.78 is 0. The summed E-state index contributed by atoms with van der Waals surface area (Å²) in [4.78, 5) is 16.7. The molecule has 0 aliphatic heterocycles. The minimum atomic E-state index is 0.412. The highest BCUT2D eigenvalue weighted by Gasteiger charge is 2.09. The summed E-state index contributed by atoms with van der Waals surface area (Å²) in [5.74, 6) is 1.69. The van der Waals surface area contributed by atoms with Crippen molar-refractivity contribution < 1.29 is 0 Å². The lowest BCUT2D eigenvalue weighted by atomic mass is 10.3. The maximum absolute atomic E-state index is 6.12. The molecule has 0 atom stereocenters. The Morgan fingerprint density at radius 2 is 1.82 bits per heavy atom. The molecule has 110 valence electrons. The van der Waals surface area contributed by atoms with Crippen molar-refractivity contribution in [1.82, 2.24) is 19.9 Å². The summed E-state index contributed by atoms with van der Waals surface area (Å²) in [5.41, 5.74) is 8.24. The molecule has 22 heavy (non-hydrogen) atoms. The van der Waals surface area contributed by atoms with Gasteiger partial charge in [0, 0.05) is 11.9 Å². The molecule has 0 bridgehead atoms. The van der Waals surface area contributed by atoms with E-state index in [1.807, 2.05) is 37.3 Å². The highest BCUT2D eigenvalue weighted by molar-refractivity contribution is 5.79. The number of anilines is 5. The fourth-order valence-electron chi connectivity index (χ4n) is 1.90. The van der Waals surface area contributed by atoms with Crippen LogP contribution in [0.5, 0.6) is 0 Å². The highest BCUT2D eigenvalue weighted by atomic mass is 15.1. The molecule has 3 aromatic heterocycles. The van der Waals surface area contributed by atoms with Crippen LogP contribution in [0.1, 0.15) is 5.69 Å². The second kappa shape index (κ2) is 6.04. The van der Waals surface area contributed by atoms with Crippen molar-refractivity contribution in [1.29, 1.82) is 0 Å². The van der Waals surface area contributed by atoms with E-state index >= 15 is 0 Å². The normalized spacial score (nSPS) is 10.2. The Morgan fingerprint density at radius 3 is 2.55 bits per heavy atom. The maximum atomic E-state index is 6.12. The van der Waals surface area contributed by atoms with E-state index in [9.17, 15) is 0 Å². The van der Waals surface area contributed by atoms with Crippen molar-refractivity contribution in [2.24, 2.45) is 0 Å². The molecule has 7 nitrogen and oxygen atoms in total. The SMILES string of the molecule is Cc1cccc(Nc2ncnc(Nc3cccnc3)c2N)n1. The third-order valence-electron chi connectivity index (χ3n) is 2.94. The van der Waals surface area contributed by atoms with Gasteiger partial charge in [-0.2, -0.15) is 0 Å². The van der Waals surface area contributed by atoms with Gasteiger partial charge in [0.2, 0.25) is 0 Å². The van der Waals surface area contributed by atoms with Crippen LogP contribution in [0.3, 0.4) is 0 Å². The molecule has 0 spiro atoms. The molecular formula is C15H15N7. The number of nitrogens with zero attached hydrogens (tertiary/aromatic N) is 4. The quantitative estimate of drug-likeness (QED) is 0.679. The van der Waals surface area contributed by atoms with Crippen molar-refractivity contribution in [3.05, 3.63) is 54.7 Å². The van der Waals surface area contributed by atoms with Crippen molar-refractivity contribution in [2.75, 3.05) is 16.4 Å². The van der Waals surface area contributed by atoms with Gasteiger partial charge >= 0.3 is 0 Å². The van der Waals surface area contributed by atoms with Gasteiger partial charge in [0.1, 0.15) is 17.8 Å². The second-order valence-electron chi connectivity index (χ2n) is 4.64. The first kappa shape index (κ1) is 13.7. The third-order valence-corrected chi connectivity index (χ3v) is 2.94. The Labute approximate surface area is 127 Å². The average molecular weight is 293 g/mol. The van der Waals surface area contributed by atoms with Crippen molar-refractivity contribution in [3.63, 3.8) is 0 Å². The first-order chi connectivity index (χ1) is 10.7. The van der Waals surface area contributed by atoms with Crippen LogP contribution < -0.4 is 16.4 Å². The summed E-state index contributed by atoms with van der Waals surface area (Å²) in [7, 11) is 0. The van der Waals surface area contributed by atoms with E-state index in [0.29, 0.717) is 23.1 Å². The lowest BCUT2D eigenvalue weighted by molar-refractivity contribution is 1.15. The zero-order valence-electron chi connectivity index (χ0n) is 12.0. The maximum Gasteiger partial charge on any atom is 0.160 e. The minimum Gasteiger partial charge on any atom is -0.393 e. The van der Waals surface area contributed by atoms with E-state index in [1.54, 1.807) is 12.4 Å². The van der Waals surface area contributed by atoms with Crippen molar-refractivity contribution in [3.8, 4) is 0 Å². The zero-order valence-corrected chi connectivity index (χ0v) is 12.0. The van der Waals surface area contributed by atoms with E-state index < -0.39 is 0 Å². The number of hydrogen-bond acceptors (Lipinski definition) is 7. The Balaban J connectivity index is 1.86. The van der Waals surface area contributed by atoms with Crippen LogP contribution in [-0.4, -0.2) is 19.9 Å². The molecule has 0 radical (unpaired) electrons. The minimum absolute atomic E-state index is 0.412. The first-order valence-corrected chi connectivity index (χ1v) is 6.70.